The van der Waals surface area contributed by atoms with Crippen molar-refractivity contribution in [3.05, 3.63) is 36.0 Å². The maximum absolute atomic E-state index is 12.7. The molecule has 4 heterocycles. The third-order valence-corrected chi connectivity index (χ3v) is 5.66. The Bertz CT molecular complexity index is 763. The molecule has 0 unspecified atom stereocenters. The van der Waals surface area contributed by atoms with Crippen molar-refractivity contribution in [2.75, 3.05) is 24.5 Å². The van der Waals surface area contributed by atoms with Crippen LogP contribution in [0.25, 0.3) is 0 Å². The van der Waals surface area contributed by atoms with Crippen LogP contribution >= 0.6 is 0 Å². The second kappa shape index (κ2) is 7.05. The van der Waals surface area contributed by atoms with Gasteiger partial charge >= 0.3 is 0 Å². The van der Waals surface area contributed by atoms with Crippen molar-refractivity contribution in [3.63, 3.8) is 0 Å². The average Bonchev–Trinajstić information content (AvgIpc) is 3.30. The lowest BCUT2D eigenvalue weighted by atomic mass is 9.99. The Morgan fingerprint density at radius 1 is 1.15 bits per heavy atom. The van der Waals surface area contributed by atoms with Gasteiger partial charge in [-0.05, 0) is 43.7 Å². The predicted octanol–water partition coefficient (Wildman–Crippen LogP) is 2.42. The predicted molar refractivity (Wildman–Crippen MR) is 98.9 cm³/mol. The lowest BCUT2D eigenvalue weighted by Crippen LogP contribution is -2.38. The summed E-state index contributed by atoms with van der Waals surface area (Å²) < 4.78 is 1.97. The first-order valence-corrected chi connectivity index (χ1v) is 9.49. The molecule has 7 nitrogen and oxygen atoms in total. The Morgan fingerprint density at radius 3 is 2.62 bits per heavy atom. The molecule has 138 valence electrons. The highest BCUT2D eigenvalue weighted by Gasteiger charge is 2.30. The molecule has 0 aliphatic carbocycles. The maximum atomic E-state index is 12.7. The number of rotatable bonds is 3. The number of pyridine rings is 1. The van der Waals surface area contributed by atoms with Crippen LogP contribution in [-0.2, 0) is 7.05 Å². The van der Waals surface area contributed by atoms with E-state index >= 15 is 0 Å². The molecule has 1 atom stereocenters. The SMILES string of the molecule is CC1CCN(C(=O)c2ccc(N3CCC[C@@H]3c3nncn3C)nc2)CC1. The molecule has 0 N–H and O–H groups in total. The number of aromatic nitrogens is 4. The zero-order valence-electron chi connectivity index (χ0n) is 15.5. The van der Waals surface area contributed by atoms with Crippen molar-refractivity contribution >= 4 is 11.7 Å². The van der Waals surface area contributed by atoms with Crippen LogP contribution in [0.15, 0.2) is 24.7 Å². The second-order valence-electron chi connectivity index (χ2n) is 7.53. The van der Waals surface area contributed by atoms with Gasteiger partial charge in [-0.25, -0.2) is 4.98 Å². The number of likely N-dealkylation sites (tertiary alicyclic amines) is 1. The number of nitrogens with zero attached hydrogens (tertiary/aromatic N) is 6. The first-order valence-electron chi connectivity index (χ1n) is 9.49. The second-order valence-corrected chi connectivity index (χ2v) is 7.53. The molecule has 2 aliphatic rings. The summed E-state index contributed by atoms with van der Waals surface area (Å²) >= 11 is 0. The number of piperidine rings is 1. The van der Waals surface area contributed by atoms with Gasteiger partial charge in [-0.15, -0.1) is 10.2 Å². The summed E-state index contributed by atoms with van der Waals surface area (Å²) in [6.07, 6.45) is 7.78. The van der Waals surface area contributed by atoms with Crippen LogP contribution in [0, 0.1) is 5.92 Å². The first-order chi connectivity index (χ1) is 12.6. The van der Waals surface area contributed by atoms with Crippen LogP contribution in [0.5, 0.6) is 0 Å². The highest BCUT2D eigenvalue weighted by Crippen LogP contribution is 2.34. The maximum Gasteiger partial charge on any atom is 0.255 e. The number of carbonyl (C=O) groups is 1. The Hall–Kier alpha value is -2.44. The number of carbonyl (C=O) groups excluding carboxylic acids is 1. The minimum Gasteiger partial charge on any atom is -0.346 e. The van der Waals surface area contributed by atoms with Crippen molar-refractivity contribution in [1.29, 1.82) is 0 Å². The lowest BCUT2D eigenvalue weighted by molar-refractivity contribution is 0.0697. The van der Waals surface area contributed by atoms with Gasteiger partial charge in [0.05, 0.1) is 11.6 Å². The Morgan fingerprint density at radius 2 is 1.96 bits per heavy atom. The zero-order valence-corrected chi connectivity index (χ0v) is 15.5. The number of hydrogen-bond acceptors (Lipinski definition) is 5. The highest BCUT2D eigenvalue weighted by molar-refractivity contribution is 5.94. The summed E-state index contributed by atoms with van der Waals surface area (Å²) in [6.45, 7) is 4.90. The third-order valence-electron chi connectivity index (χ3n) is 5.66. The summed E-state index contributed by atoms with van der Waals surface area (Å²) in [5, 5.41) is 8.27. The topological polar surface area (TPSA) is 67.2 Å². The van der Waals surface area contributed by atoms with Gasteiger partial charge in [0.15, 0.2) is 5.82 Å². The van der Waals surface area contributed by atoms with E-state index in [0.717, 1.165) is 57.0 Å². The summed E-state index contributed by atoms with van der Waals surface area (Å²) in [4.78, 5) is 21.5. The number of anilines is 1. The Labute approximate surface area is 154 Å². The molecule has 2 aromatic rings. The fraction of sp³-hybridized carbons (Fsp3) is 0.579. The van der Waals surface area contributed by atoms with E-state index in [0.29, 0.717) is 11.5 Å². The molecule has 26 heavy (non-hydrogen) atoms. The van der Waals surface area contributed by atoms with Gasteiger partial charge in [0.25, 0.3) is 5.91 Å². The van der Waals surface area contributed by atoms with Crippen molar-refractivity contribution in [2.45, 2.75) is 38.6 Å². The van der Waals surface area contributed by atoms with E-state index in [2.05, 4.69) is 27.0 Å². The molecule has 0 aromatic carbocycles. The van der Waals surface area contributed by atoms with Gasteiger partial charge in [0.2, 0.25) is 0 Å². The van der Waals surface area contributed by atoms with Gasteiger partial charge in [-0.2, -0.15) is 0 Å². The van der Waals surface area contributed by atoms with E-state index < -0.39 is 0 Å². The summed E-state index contributed by atoms with van der Waals surface area (Å²) in [5.41, 5.74) is 0.678. The molecule has 0 spiro atoms. The van der Waals surface area contributed by atoms with Crippen molar-refractivity contribution in [2.24, 2.45) is 13.0 Å². The quantitative estimate of drug-likeness (QED) is 0.847. The monoisotopic (exact) mass is 354 g/mol. The van der Waals surface area contributed by atoms with Crippen LogP contribution in [-0.4, -0.2) is 50.2 Å². The lowest BCUT2D eigenvalue weighted by Gasteiger charge is -2.30. The minimum absolute atomic E-state index is 0.0993. The van der Waals surface area contributed by atoms with Crippen molar-refractivity contribution < 1.29 is 4.79 Å². The highest BCUT2D eigenvalue weighted by atomic mass is 16.2. The largest absolute Gasteiger partial charge is 0.346 e. The molecule has 2 aliphatic heterocycles. The van der Waals surface area contributed by atoms with Gasteiger partial charge in [0, 0.05) is 32.9 Å². The molecule has 0 bridgehead atoms. The van der Waals surface area contributed by atoms with E-state index in [1.54, 1.807) is 12.5 Å². The van der Waals surface area contributed by atoms with E-state index in [-0.39, 0.29) is 11.9 Å². The van der Waals surface area contributed by atoms with E-state index in [9.17, 15) is 4.79 Å². The zero-order chi connectivity index (χ0) is 18.1. The Kier molecular flexibility index (Phi) is 4.61. The molecule has 0 saturated carbocycles. The standard InChI is InChI=1S/C19H26N6O/c1-14-7-10-24(11-8-14)19(26)15-5-6-17(20-12-15)25-9-3-4-16(25)18-22-21-13-23(18)2/h5-6,12-14,16H,3-4,7-11H2,1-2H3/t16-/m1/s1. The molecule has 2 fully saturated rings. The molecule has 0 radical (unpaired) electrons. The van der Waals surface area contributed by atoms with E-state index in [1.165, 1.54) is 0 Å². The van der Waals surface area contributed by atoms with Crippen LogP contribution in [0.1, 0.15) is 54.8 Å². The number of aryl methyl sites for hydroxylation is 1. The van der Waals surface area contributed by atoms with Crippen LogP contribution in [0.2, 0.25) is 0 Å². The van der Waals surface area contributed by atoms with Crippen LogP contribution < -0.4 is 4.90 Å². The summed E-state index contributed by atoms with van der Waals surface area (Å²) in [5.74, 6) is 2.68. The van der Waals surface area contributed by atoms with Gasteiger partial charge in [0.1, 0.15) is 12.1 Å². The van der Waals surface area contributed by atoms with Crippen LogP contribution in [0.3, 0.4) is 0 Å². The van der Waals surface area contributed by atoms with Gasteiger partial charge in [-0.1, -0.05) is 6.92 Å². The average molecular weight is 354 g/mol. The molecule has 2 aromatic heterocycles. The first kappa shape index (κ1) is 17.0. The molecular formula is C19H26N6O. The Balaban J connectivity index is 1.49. The number of amides is 1. The molecular weight excluding hydrogens is 328 g/mol. The molecule has 1 amide bonds. The molecule has 7 heteroatoms. The normalized spacial score (nSPS) is 21.4. The van der Waals surface area contributed by atoms with Crippen LogP contribution in [0.4, 0.5) is 5.82 Å². The van der Waals surface area contributed by atoms with Crippen molar-refractivity contribution in [1.82, 2.24) is 24.6 Å². The fourth-order valence-electron chi connectivity index (χ4n) is 3.98. The molecule has 2 saturated heterocycles. The third kappa shape index (κ3) is 3.18. The van der Waals surface area contributed by atoms with Gasteiger partial charge in [-0.3, -0.25) is 4.79 Å². The van der Waals surface area contributed by atoms with E-state index in [4.69, 9.17) is 0 Å². The smallest absolute Gasteiger partial charge is 0.255 e. The summed E-state index contributed by atoms with van der Waals surface area (Å²) in [7, 11) is 1.97. The van der Waals surface area contributed by atoms with Crippen molar-refractivity contribution in [3.8, 4) is 0 Å². The van der Waals surface area contributed by atoms with E-state index in [1.807, 2.05) is 28.6 Å². The molecule has 4 rings (SSSR count). The minimum atomic E-state index is 0.0993. The van der Waals surface area contributed by atoms with Gasteiger partial charge < -0.3 is 14.4 Å². The summed E-state index contributed by atoms with van der Waals surface area (Å²) in [6, 6.07) is 4.07. The fourth-order valence-corrected chi connectivity index (χ4v) is 3.98. The number of hydrogen-bond donors (Lipinski definition) is 0.